The van der Waals surface area contributed by atoms with Crippen molar-refractivity contribution in [3.8, 4) is 17.3 Å². The van der Waals surface area contributed by atoms with Gasteiger partial charge in [-0.25, -0.2) is 9.97 Å². The second kappa shape index (κ2) is 8.77. The number of aliphatic imine (C=N–C) groups is 2. The predicted molar refractivity (Wildman–Crippen MR) is 128 cm³/mol. The van der Waals surface area contributed by atoms with E-state index in [1.165, 1.54) is 12.5 Å². The minimum absolute atomic E-state index is 0.0893. The molecule has 2 unspecified atom stereocenters. The molecule has 5 rings (SSSR count). The lowest BCUT2D eigenvalue weighted by Crippen LogP contribution is -2.69. The summed E-state index contributed by atoms with van der Waals surface area (Å²) in [6.07, 6.45) is 3.68. The first kappa shape index (κ1) is 24.6. The SMILES string of the molecule is CC(NC(=O)C1=NCC(C)(N2CC(CC#N)(n3cc(-c4ncnc5[nH]ccc45)cn3)C2)N=C1)C(F)(F)F. The van der Waals surface area contributed by atoms with Crippen LogP contribution in [0.3, 0.4) is 0 Å². The van der Waals surface area contributed by atoms with Crippen molar-refractivity contribution in [3.05, 3.63) is 31.0 Å². The molecule has 2 aliphatic rings. The lowest BCUT2D eigenvalue weighted by atomic mass is 9.84. The van der Waals surface area contributed by atoms with Gasteiger partial charge in [-0.1, -0.05) is 0 Å². The monoisotopic (exact) mass is 512 g/mol. The lowest BCUT2D eigenvalue weighted by Gasteiger charge is -2.55. The van der Waals surface area contributed by atoms with Crippen LogP contribution in [0.2, 0.25) is 0 Å². The fraction of sp³-hybridized carbons (Fsp3) is 0.435. The molecule has 0 aliphatic carbocycles. The van der Waals surface area contributed by atoms with E-state index in [1.54, 1.807) is 17.1 Å². The van der Waals surface area contributed by atoms with Crippen molar-refractivity contribution >= 4 is 28.9 Å². The Kier molecular flexibility index (Phi) is 5.82. The summed E-state index contributed by atoms with van der Waals surface area (Å²) in [6, 6.07) is 2.13. The summed E-state index contributed by atoms with van der Waals surface area (Å²) < 4.78 is 40.0. The number of amides is 1. The summed E-state index contributed by atoms with van der Waals surface area (Å²) in [6.45, 7) is 3.67. The van der Waals surface area contributed by atoms with Gasteiger partial charge in [0.2, 0.25) is 0 Å². The molecule has 0 spiro atoms. The molecule has 14 heteroatoms. The lowest BCUT2D eigenvalue weighted by molar-refractivity contribution is -0.156. The second-order valence-corrected chi connectivity index (χ2v) is 9.46. The van der Waals surface area contributed by atoms with Gasteiger partial charge in [-0.05, 0) is 19.9 Å². The van der Waals surface area contributed by atoms with Crippen LogP contribution in [-0.4, -0.2) is 85.0 Å². The van der Waals surface area contributed by atoms with Crippen molar-refractivity contribution in [2.75, 3.05) is 19.6 Å². The minimum Gasteiger partial charge on any atom is -0.346 e. The maximum Gasteiger partial charge on any atom is 0.408 e. The largest absolute Gasteiger partial charge is 0.408 e. The number of rotatable bonds is 6. The molecule has 1 saturated heterocycles. The zero-order chi connectivity index (χ0) is 26.4. The molecule has 0 saturated carbocycles. The van der Waals surface area contributed by atoms with Crippen molar-refractivity contribution in [1.29, 1.82) is 5.26 Å². The highest BCUT2D eigenvalue weighted by Gasteiger charge is 2.52. The number of carbonyl (C=O) groups excluding carboxylic acids is 1. The average Bonchev–Trinajstić information content (AvgIpc) is 3.51. The molecule has 2 atom stereocenters. The molecule has 0 aromatic carbocycles. The fourth-order valence-corrected chi connectivity index (χ4v) is 4.48. The van der Waals surface area contributed by atoms with Crippen molar-refractivity contribution in [2.45, 2.75) is 43.7 Å². The zero-order valence-electron chi connectivity index (χ0n) is 20.0. The third-order valence-corrected chi connectivity index (χ3v) is 6.84. The number of nitrogens with one attached hydrogen (secondary N) is 2. The Morgan fingerprint density at radius 2 is 2.14 bits per heavy atom. The van der Waals surface area contributed by atoms with Crippen LogP contribution in [0.15, 0.2) is 41.0 Å². The number of nitriles is 1. The van der Waals surface area contributed by atoms with Gasteiger partial charge in [0.1, 0.15) is 34.9 Å². The van der Waals surface area contributed by atoms with Crippen LogP contribution in [0.5, 0.6) is 0 Å². The molecule has 1 fully saturated rings. The number of nitrogens with zero attached hydrogens (tertiary/aromatic N) is 8. The Hall–Kier alpha value is -4.12. The van der Waals surface area contributed by atoms with Gasteiger partial charge in [0.15, 0.2) is 0 Å². The van der Waals surface area contributed by atoms with Crippen LogP contribution < -0.4 is 5.32 Å². The number of halogens is 3. The van der Waals surface area contributed by atoms with E-state index in [4.69, 9.17) is 0 Å². The van der Waals surface area contributed by atoms with Crippen molar-refractivity contribution < 1.29 is 18.0 Å². The van der Waals surface area contributed by atoms with Gasteiger partial charge >= 0.3 is 6.18 Å². The molecule has 0 radical (unpaired) electrons. The van der Waals surface area contributed by atoms with Crippen molar-refractivity contribution in [1.82, 2.24) is 34.9 Å². The highest BCUT2D eigenvalue weighted by molar-refractivity contribution is 6.61. The zero-order valence-corrected chi connectivity index (χ0v) is 20.0. The van der Waals surface area contributed by atoms with Gasteiger partial charge < -0.3 is 10.3 Å². The maximum absolute atomic E-state index is 12.8. The molecule has 5 heterocycles. The first-order valence-electron chi connectivity index (χ1n) is 11.5. The first-order valence-corrected chi connectivity index (χ1v) is 11.5. The molecule has 192 valence electrons. The van der Waals surface area contributed by atoms with Gasteiger partial charge in [0.05, 0.1) is 37.1 Å². The van der Waals surface area contributed by atoms with E-state index in [0.717, 1.165) is 23.6 Å². The van der Waals surface area contributed by atoms with Crippen LogP contribution in [0.4, 0.5) is 13.2 Å². The number of aromatic amines is 1. The number of aromatic nitrogens is 5. The van der Waals surface area contributed by atoms with Crippen LogP contribution in [0.25, 0.3) is 22.3 Å². The third-order valence-electron chi connectivity index (χ3n) is 6.84. The van der Waals surface area contributed by atoms with Crippen LogP contribution >= 0.6 is 0 Å². The third kappa shape index (κ3) is 4.35. The smallest absolute Gasteiger partial charge is 0.346 e. The van der Waals surface area contributed by atoms with Crippen LogP contribution in [0.1, 0.15) is 20.3 Å². The molecule has 2 N–H and O–H groups in total. The Morgan fingerprint density at radius 1 is 1.35 bits per heavy atom. The highest BCUT2D eigenvalue weighted by atomic mass is 19.4. The summed E-state index contributed by atoms with van der Waals surface area (Å²) in [5.74, 6) is -0.927. The molecule has 3 aromatic rings. The Bertz CT molecular complexity index is 1440. The number of likely N-dealkylation sites (tertiary alicyclic amines) is 1. The molecule has 1 amide bonds. The van der Waals surface area contributed by atoms with Gasteiger partial charge in [-0.15, -0.1) is 0 Å². The molecule has 3 aromatic heterocycles. The summed E-state index contributed by atoms with van der Waals surface area (Å²) >= 11 is 0. The number of H-pyrrole nitrogens is 1. The number of carbonyl (C=O) groups is 1. The first-order chi connectivity index (χ1) is 17.5. The molecular formula is C23H23F3N10O. The second-order valence-electron chi connectivity index (χ2n) is 9.46. The Balaban J connectivity index is 1.29. The average molecular weight is 513 g/mol. The Morgan fingerprint density at radius 3 is 2.81 bits per heavy atom. The van der Waals surface area contributed by atoms with Gasteiger partial charge in [0.25, 0.3) is 5.91 Å². The number of alkyl halides is 3. The van der Waals surface area contributed by atoms with E-state index < -0.39 is 29.3 Å². The van der Waals surface area contributed by atoms with Crippen LogP contribution in [-0.2, 0) is 10.3 Å². The van der Waals surface area contributed by atoms with Crippen molar-refractivity contribution in [3.63, 3.8) is 0 Å². The van der Waals surface area contributed by atoms with Crippen LogP contribution in [0, 0.1) is 11.3 Å². The van der Waals surface area contributed by atoms with E-state index in [1.807, 2.05) is 29.4 Å². The van der Waals surface area contributed by atoms with E-state index in [0.29, 0.717) is 18.7 Å². The summed E-state index contributed by atoms with van der Waals surface area (Å²) in [5, 5.41) is 16.8. The quantitative estimate of drug-likeness (QED) is 0.518. The van der Waals surface area contributed by atoms with Crippen molar-refractivity contribution in [2.24, 2.45) is 9.98 Å². The molecule has 11 nitrogen and oxygen atoms in total. The Labute approximate surface area is 209 Å². The van der Waals surface area contributed by atoms with E-state index in [2.05, 4.69) is 36.1 Å². The number of fused-ring (bicyclic) bond motifs is 1. The van der Waals surface area contributed by atoms with Gasteiger partial charge in [0, 0.05) is 36.4 Å². The van der Waals surface area contributed by atoms with E-state index in [-0.39, 0.29) is 18.7 Å². The number of hydrogen-bond acceptors (Lipinski definition) is 8. The maximum atomic E-state index is 12.8. The van der Waals surface area contributed by atoms with E-state index >= 15 is 0 Å². The highest BCUT2D eigenvalue weighted by Crippen LogP contribution is 2.39. The minimum atomic E-state index is -4.55. The van der Waals surface area contributed by atoms with Gasteiger partial charge in [-0.3, -0.25) is 24.4 Å². The molecule has 37 heavy (non-hydrogen) atoms. The molecule has 0 bridgehead atoms. The topological polar surface area (TPSA) is 140 Å². The number of hydrogen-bond donors (Lipinski definition) is 2. The standard InChI is InChI=1S/C23H23F3N10O/c1-14(23(24,25)26)34-20(37)17-8-32-21(2,10-29-17)35-11-22(12-35,4-5-27)36-9-15(7-33-36)18-16-3-6-28-19(16)31-13-30-18/h3,6-9,13-14H,4,10-12H2,1-2H3,(H,34,37)(H,28,30,31). The molecule has 2 aliphatic heterocycles. The summed E-state index contributed by atoms with van der Waals surface area (Å²) in [5.41, 5.74) is 0.666. The summed E-state index contributed by atoms with van der Waals surface area (Å²) in [4.78, 5) is 34.5. The summed E-state index contributed by atoms with van der Waals surface area (Å²) in [7, 11) is 0. The predicted octanol–water partition coefficient (Wildman–Crippen LogP) is 2.05. The molecular weight excluding hydrogens is 489 g/mol. The fourth-order valence-electron chi connectivity index (χ4n) is 4.48. The van der Waals surface area contributed by atoms with E-state index in [9.17, 15) is 23.2 Å². The normalized spacial score (nSPS) is 22.2. The van der Waals surface area contributed by atoms with Gasteiger partial charge in [-0.2, -0.15) is 23.5 Å².